The smallest absolute Gasteiger partial charge is 0.352 e. The van der Waals surface area contributed by atoms with E-state index in [0.29, 0.717) is 12.2 Å². The van der Waals surface area contributed by atoms with Crippen molar-refractivity contribution in [1.29, 1.82) is 0 Å². The van der Waals surface area contributed by atoms with E-state index in [0.717, 1.165) is 5.56 Å². The van der Waals surface area contributed by atoms with Gasteiger partial charge in [-0.2, -0.15) is 4.98 Å². The van der Waals surface area contributed by atoms with E-state index in [1.807, 2.05) is 0 Å². The SMILES string of the molecule is Cc1nc(N)nc(Oc2ccc(CCO)cc2)c1[N+](=O)[O-]. The minimum atomic E-state index is -0.607. The van der Waals surface area contributed by atoms with Crippen LogP contribution in [0.15, 0.2) is 24.3 Å². The Morgan fingerprint density at radius 3 is 2.57 bits per heavy atom. The fourth-order valence-corrected chi connectivity index (χ4v) is 1.81. The van der Waals surface area contributed by atoms with E-state index in [9.17, 15) is 10.1 Å². The molecule has 110 valence electrons. The number of nitro groups is 1. The molecule has 1 heterocycles. The Morgan fingerprint density at radius 2 is 2.00 bits per heavy atom. The number of ether oxygens (including phenoxy) is 1. The number of aromatic nitrogens is 2. The molecule has 8 nitrogen and oxygen atoms in total. The van der Waals surface area contributed by atoms with Crippen molar-refractivity contribution in [2.75, 3.05) is 12.3 Å². The molecule has 3 N–H and O–H groups in total. The summed E-state index contributed by atoms with van der Waals surface area (Å²) in [4.78, 5) is 18.0. The summed E-state index contributed by atoms with van der Waals surface area (Å²) in [7, 11) is 0. The van der Waals surface area contributed by atoms with Gasteiger partial charge >= 0.3 is 11.6 Å². The summed E-state index contributed by atoms with van der Waals surface area (Å²) < 4.78 is 5.43. The van der Waals surface area contributed by atoms with E-state index < -0.39 is 4.92 Å². The number of hydrogen-bond acceptors (Lipinski definition) is 7. The molecule has 0 radical (unpaired) electrons. The molecule has 8 heteroatoms. The van der Waals surface area contributed by atoms with Gasteiger partial charge in [-0.15, -0.1) is 0 Å². The molecule has 0 aliphatic rings. The van der Waals surface area contributed by atoms with Gasteiger partial charge in [0.15, 0.2) is 0 Å². The molecule has 0 unspecified atom stereocenters. The maximum atomic E-state index is 11.1. The zero-order valence-corrected chi connectivity index (χ0v) is 11.3. The maximum absolute atomic E-state index is 11.1. The van der Waals surface area contributed by atoms with E-state index in [1.165, 1.54) is 6.92 Å². The lowest BCUT2D eigenvalue weighted by Gasteiger charge is -2.07. The van der Waals surface area contributed by atoms with Crippen molar-refractivity contribution < 1.29 is 14.8 Å². The van der Waals surface area contributed by atoms with Crippen LogP contribution in [0.3, 0.4) is 0 Å². The zero-order valence-electron chi connectivity index (χ0n) is 11.3. The molecule has 0 saturated heterocycles. The van der Waals surface area contributed by atoms with Gasteiger partial charge in [0.25, 0.3) is 0 Å². The Labute approximate surface area is 120 Å². The second kappa shape index (κ2) is 6.14. The quantitative estimate of drug-likeness (QED) is 0.632. The van der Waals surface area contributed by atoms with Gasteiger partial charge < -0.3 is 15.6 Å². The molecule has 0 aliphatic carbocycles. The fraction of sp³-hybridized carbons (Fsp3) is 0.231. The lowest BCUT2D eigenvalue weighted by molar-refractivity contribution is -0.386. The number of aryl methyl sites for hydroxylation is 1. The molecule has 0 saturated carbocycles. The minimum Gasteiger partial charge on any atom is -0.434 e. The van der Waals surface area contributed by atoms with Crippen LogP contribution < -0.4 is 10.5 Å². The molecule has 0 bridgehead atoms. The number of nitrogen functional groups attached to an aromatic ring is 1. The third-order valence-corrected chi connectivity index (χ3v) is 2.76. The van der Waals surface area contributed by atoms with Crippen molar-refractivity contribution in [3.63, 3.8) is 0 Å². The normalized spacial score (nSPS) is 10.4. The van der Waals surface area contributed by atoms with Crippen molar-refractivity contribution in [3.05, 3.63) is 45.6 Å². The van der Waals surface area contributed by atoms with Gasteiger partial charge in [-0.25, -0.2) is 4.98 Å². The second-order valence-corrected chi connectivity index (χ2v) is 4.30. The Balaban J connectivity index is 2.32. The minimum absolute atomic E-state index is 0.0489. The van der Waals surface area contributed by atoms with Crippen LogP contribution in [0.4, 0.5) is 11.6 Å². The highest BCUT2D eigenvalue weighted by atomic mass is 16.6. The van der Waals surface area contributed by atoms with Gasteiger partial charge in [0.1, 0.15) is 11.4 Å². The van der Waals surface area contributed by atoms with Crippen LogP contribution in [0.2, 0.25) is 0 Å². The molecule has 1 aromatic heterocycles. The number of aliphatic hydroxyl groups excluding tert-OH is 1. The van der Waals surface area contributed by atoms with Crippen molar-refractivity contribution in [2.45, 2.75) is 13.3 Å². The first-order valence-electron chi connectivity index (χ1n) is 6.17. The number of nitrogens with zero attached hydrogens (tertiary/aromatic N) is 3. The van der Waals surface area contributed by atoms with Crippen LogP contribution in [0, 0.1) is 17.0 Å². The fourth-order valence-electron chi connectivity index (χ4n) is 1.81. The number of aliphatic hydroxyl groups is 1. The molecular formula is C13H14N4O4. The molecule has 2 aromatic rings. The second-order valence-electron chi connectivity index (χ2n) is 4.30. The monoisotopic (exact) mass is 290 g/mol. The Kier molecular flexibility index (Phi) is 4.29. The summed E-state index contributed by atoms with van der Waals surface area (Å²) in [6.45, 7) is 1.51. The molecule has 0 amide bonds. The average Bonchev–Trinajstić information content (AvgIpc) is 2.40. The van der Waals surface area contributed by atoms with Crippen molar-refractivity contribution in [2.24, 2.45) is 0 Å². The highest BCUT2D eigenvalue weighted by Gasteiger charge is 2.23. The lowest BCUT2D eigenvalue weighted by Crippen LogP contribution is -2.04. The van der Waals surface area contributed by atoms with E-state index in [-0.39, 0.29) is 29.8 Å². The van der Waals surface area contributed by atoms with Crippen molar-refractivity contribution in [3.8, 4) is 11.6 Å². The van der Waals surface area contributed by atoms with Gasteiger partial charge in [0.2, 0.25) is 5.95 Å². The molecule has 21 heavy (non-hydrogen) atoms. The van der Waals surface area contributed by atoms with Gasteiger partial charge in [0, 0.05) is 6.61 Å². The summed E-state index contributed by atoms with van der Waals surface area (Å²) in [5.41, 5.74) is 6.24. The first-order chi connectivity index (χ1) is 10.0. The third-order valence-electron chi connectivity index (χ3n) is 2.76. The van der Waals surface area contributed by atoms with Crippen LogP contribution in [-0.2, 0) is 6.42 Å². The number of benzene rings is 1. The van der Waals surface area contributed by atoms with Crippen LogP contribution in [0.5, 0.6) is 11.6 Å². The van der Waals surface area contributed by atoms with Gasteiger partial charge in [-0.1, -0.05) is 12.1 Å². The van der Waals surface area contributed by atoms with Crippen molar-refractivity contribution in [1.82, 2.24) is 9.97 Å². The molecule has 0 aliphatic heterocycles. The molecule has 0 atom stereocenters. The molecule has 0 fully saturated rings. The topological polar surface area (TPSA) is 124 Å². The van der Waals surface area contributed by atoms with Crippen molar-refractivity contribution >= 4 is 11.6 Å². The summed E-state index contributed by atoms with van der Waals surface area (Å²) in [6, 6.07) is 6.80. The van der Waals surface area contributed by atoms with Gasteiger partial charge in [-0.3, -0.25) is 10.1 Å². The average molecular weight is 290 g/mol. The largest absolute Gasteiger partial charge is 0.434 e. The van der Waals surface area contributed by atoms with Gasteiger partial charge in [-0.05, 0) is 31.0 Å². The van der Waals surface area contributed by atoms with Crippen LogP contribution in [0.25, 0.3) is 0 Å². The van der Waals surface area contributed by atoms with Crippen LogP contribution >= 0.6 is 0 Å². The van der Waals surface area contributed by atoms with E-state index >= 15 is 0 Å². The number of anilines is 1. The maximum Gasteiger partial charge on any atom is 0.352 e. The lowest BCUT2D eigenvalue weighted by atomic mass is 10.1. The zero-order chi connectivity index (χ0) is 15.4. The van der Waals surface area contributed by atoms with E-state index in [1.54, 1.807) is 24.3 Å². The van der Waals surface area contributed by atoms with E-state index in [4.69, 9.17) is 15.6 Å². The van der Waals surface area contributed by atoms with Crippen LogP contribution in [0.1, 0.15) is 11.3 Å². The first-order valence-corrected chi connectivity index (χ1v) is 6.17. The predicted octanol–water partition coefficient (Wildman–Crippen LogP) is 1.60. The Hall–Kier alpha value is -2.74. The highest BCUT2D eigenvalue weighted by Crippen LogP contribution is 2.31. The third kappa shape index (κ3) is 3.42. The van der Waals surface area contributed by atoms with Gasteiger partial charge in [0.05, 0.1) is 4.92 Å². The number of rotatable bonds is 5. The number of hydrogen-bond donors (Lipinski definition) is 2. The summed E-state index contributed by atoms with van der Waals surface area (Å²) in [5.74, 6) is 0.0993. The number of nitrogens with two attached hydrogens (primary N) is 1. The van der Waals surface area contributed by atoms with Crippen LogP contribution in [-0.4, -0.2) is 26.6 Å². The molecule has 0 spiro atoms. The summed E-state index contributed by atoms with van der Waals surface area (Å²) >= 11 is 0. The standard InChI is InChI=1S/C13H14N4O4/c1-8-11(17(19)20)12(16-13(14)15-8)21-10-4-2-9(3-5-10)6-7-18/h2-5,18H,6-7H2,1H3,(H2,14,15,16). The highest BCUT2D eigenvalue weighted by molar-refractivity contribution is 5.49. The summed E-state index contributed by atoms with van der Waals surface area (Å²) in [5, 5.41) is 19.9. The predicted molar refractivity (Wildman–Crippen MR) is 75.1 cm³/mol. The Morgan fingerprint density at radius 1 is 1.33 bits per heavy atom. The molecule has 2 rings (SSSR count). The molecular weight excluding hydrogens is 276 g/mol. The summed E-state index contributed by atoms with van der Waals surface area (Å²) in [6.07, 6.45) is 0.528. The Bertz CT molecular complexity index is 658. The molecule has 1 aromatic carbocycles. The van der Waals surface area contributed by atoms with E-state index in [2.05, 4.69) is 9.97 Å². The first kappa shape index (κ1) is 14.7.